The van der Waals surface area contributed by atoms with Gasteiger partial charge in [-0.1, -0.05) is 18.2 Å². The van der Waals surface area contributed by atoms with Crippen LogP contribution in [0.3, 0.4) is 0 Å². The van der Waals surface area contributed by atoms with E-state index in [1.54, 1.807) is 12.1 Å². The summed E-state index contributed by atoms with van der Waals surface area (Å²) < 4.78 is 18.3. The number of hydrogen-bond acceptors (Lipinski definition) is 3. The van der Waals surface area contributed by atoms with Crippen LogP contribution in [0.2, 0.25) is 0 Å². The highest BCUT2D eigenvalue weighted by atomic mass is 19.1. The Kier molecular flexibility index (Phi) is 3.49. The Morgan fingerprint density at radius 3 is 2.56 bits per heavy atom. The molecule has 0 aliphatic rings. The van der Waals surface area contributed by atoms with Crippen LogP contribution in [0.4, 0.5) is 4.39 Å². The number of halogens is 1. The van der Waals surface area contributed by atoms with Crippen LogP contribution in [0.25, 0.3) is 0 Å². The molecule has 0 saturated heterocycles. The van der Waals surface area contributed by atoms with E-state index in [0.717, 1.165) is 6.92 Å². The first-order valence-corrected chi connectivity index (χ1v) is 4.64. The highest BCUT2D eigenvalue weighted by Gasteiger charge is 2.41. The molecule has 2 atom stereocenters. The van der Waals surface area contributed by atoms with Crippen molar-refractivity contribution in [1.82, 2.24) is 0 Å². The van der Waals surface area contributed by atoms with Gasteiger partial charge in [0.25, 0.3) is 0 Å². The molecule has 0 saturated carbocycles. The number of para-hydroxylation sites is 1. The molecule has 4 nitrogen and oxygen atoms in total. The molecule has 0 amide bonds. The van der Waals surface area contributed by atoms with Crippen LogP contribution in [-0.2, 0) is 10.4 Å². The minimum Gasteiger partial charge on any atom is -0.496 e. The summed E-state index contributed by atoms with van der Waals surface area (Å²) >= 11 is 0. The van der Waals surface area contributed by atoms with Gasteiger partial charge in [0.15, 0.2) is 0 Å². The molecule has 0 spiro atoms. The fraction of sp³-hybridized carbons (Fsp3) is 0.364. The van der Waals surface area contributed by atoms with Crippen molar-refractivity contribution in [3.8, 4) is 5.75 Å². The molecule has 2 N–H and O–H groups in total. The summed E-state index contributed by atoms with van der Waals surface area (Å²) in [7, 11) is 1.36. The third kappa shape index (κ3) is 2.14. The topological polar surface area (TPSA) is 66.8 Å². The number of ether oxygens (including phenoxy) is 1. The van der Waals surface area contributed by atoms with Crippen molar-refractivity contribution < 1.29 is 24.1 Å². The van der Waals surface area contributed by atoms with E-state index in [-0.39, 0.29) is 11.3 Å². The number of benzene rings is 1. The molecular weight excluding hydrogens is 215 g/mol. The number of carbonyl (C=O) groups is 1. The maximum Gasteiger partial charge on any atom is 0.341 e. The molecule has 0 aromatic heterocycles. The largest absolute Gasteiger partial charge is 0.496 e. The van der Waals surface area contributed by atoms with Crippen LogP contribution in [0, 0.1) is 0 Å². The first-order valence-electron chi connectivity index (χ1n) is 4.64. The summed E-state index contributed by atoms with van der Waals surface area (Å²) in [5.74, 6) is -1.47. The van der Waals surface area contributed by atoms with Gasteiger partial charge < -0.3 is 14.9 Å². The smallest absolute Gasteiger partial charge is 0.341 e. The van der Waals surface area contributed by atoms with Gasteiger partial charge in [0.2, 0.25) is 6.17 Å². The summed E-state index contributed by atoms with van der Waals surface area (Å²) in [4.78, 5) is 10.5. The lowest BCUT2D eigenvalue weighted by Crippen LogP contribution is -2.39. The van der Waals surface area contributed by atoms with Gasteiger partial charge in [-0.2, -0.15) is 0 Å². The zero-order valence-corrected chi connectivity index (χ0v) is 8.98. The molecule has 0 bridgehead atoms. The average Bonchev–Trinajstić information content (AvgIpc) is 2.27. The first-order chi connectivity index (χ1) is 7.41. The van der Waals surface area contributed by atoms with Crippen LogP contribution >= 0.6 is 0 Å². The minimum absolute atomic E-state index is 0.104. The van der Waals surface area contributed by atoms with Crippen molar-refractivity contribution in [3.63, 3.8) is 0 Å². The van der Waals surface area contributed by atoms with Crippen LogP contribution < -0.4 is 4.74 Å². The summed E-state index contributed by atoms with van der Waals surface area (Å²) in [6.45, 7) is 1.10. The van der Waals surface area contributed by atoms with Crippen molar-refractivity contribution in [2.75, 3.05) is 7.11 Å². The van der Waals surface area contributed by atoms with Gasteiger partial charge in [-0.15, -0.1) is 0 Å². The second kappa shape index (κ2) is 4.49. The number of alkyl halides is 1. The van der Waals surface area contributed by atoms with Gasteiger partial charge in [-0.3, -0.25) is 0 Å². The number of carboxylic acids is 1. The van der Waals surface area contributed by atoms with Gasteiger partial charge >= 0.3 is 5.97 Å². The molecular formula is C11H13FO4. The molecule has 0 aliphatic carbocycles. The Hall–Kier alpha value is -1.62. The van der Waals surface area contributed by atoms with Crippen molar-refractivity contribution in [3.05, 3.63) is 29.8 Å². The van der Waals surface area contributed by atoms with Gasteiger partial charge in [0.1, 0.15) is 11.4 Å². The van der Waals surface area contributed by atoms with E-state index in [0.29, 0.717) is 0 Å². The maximum absolute atomic E-state index is 13.4. The molecule has 0 fully saturated rings. The first kappa shape index (κ1) is 12.4. The molecule has 0 heterocycles. The molecule has 0 radical (unpaired) electrons. The monoisotopic (exact) mass is 228 g/mol. The van der Waals surface area contributed by atoms with Gasteiger partial charge in [-0.05, 0) is 13.0 Å². The van der Waals surface area contributed by atoms with Gasteiger partial charge in [0.05, 0.1) is 7.11 Å². The molecule has 0 aliphatic heterocycles. The number of aliphatic hydroxyl groups is 1. The quantitative estimate of drug-likeness (QED) is 0.815. The van der Waals surface area contributed by atoms with E-state index >= 15 is 0 Å². The lowest BCUT2D eigenvalue weighted by atomic mass is 9.90. The van der Waals surface area contributed by atoms with Crippen LogP contribution in [-0.4, -0.2) is 29.5 Å². The van der Waals surface area contributed by atoms with Crippen molar-refractivity contribution in [2.45, 2.75) is 18.7 Å². The lowest BCUT2D eigenvalue weighted by Gasteiger charge is -2.26. The molecule has 16 heavy (non-hydrogen) atoms. The Bertz CT molecular complexity index is 389. The van der Waals surface area contributed by atoms with Crippen molar-refractivity contribution >= 4 is 5.97 Å². The normalized spacial score (nSPS) is 16.2. The molecule has 88 valence electrons. The van der Waals surface area contributed by atoms with Crippen molar-refractivity contribution in [1.29, 1.82) is 0 Å². The highest BCUT2D eigenvalue weighted by molar-refractivity contribution is 5.74. The summed E-state index contributed by atoms with van der Waals surface area (Å²) in [6.07, 6.45) is -2.41. The Morgan fingerprint density at radius 2 is 2.06 bits per heavy atom. The second-order valence-electron chi connectivity index (χ2n) is 3.55. The van der Waals surface area contributed by atoms with Crippen LogP contribution in [0.1, 0.15) is 12.5 Å². The maximum atomic E-state index is 13.4. The van der Waals surface area contributed by atoms with Crippen LogP contribution in [0.5, 0.6) is 5.75 Å². The van der Waals surface area contributed by atoms with E-state index in [4.69, 9.17) is 9.84 Å². The highest BCUT2D eigenvalue weighted by Crippen LogP contribution is 2.33. The zero-order chi connectivity index (χ0) is 12.3. The van der Waals surface area contributed by atoms with E-state index < -0.39 is 17.7 Å². The van der Waals surface area contributed by atoms with Gasteiger partial charge in [-0.25, -0.2) is 9.18 Å². The number of hydrogen-bond donors (Lipinski definition) is 2. The summed E-state index contributed by atoms with van der Waals surface area (Å²) in [5, 5.41) is 18.5. The number of carboxylic acid groups (broad SMARTS) is 1. The number of rotatable bonds is 4. The Labute approximate surface area is 92.3 Å². The Balaban J connectivity index is 3.20. The lowest BCUT2D eigenvalue weighted by molar-refractivity contribution is -0.153. The SMILES string of the molecule is COc1ccccc1C(C)(O)C(F)C(=O)O. The van der Waals surface area contributed by atoms with E-state index in [2.05, 4.69) is 0 Å². The standard InChI is InChI=1S/C11H13FO4/c1-11(15,9(12)10(13)14)7-5-3-4-6-8(7)16-2/h3-6,9,15H,1-2H3,(H,13,14). The zero-order valence-electron chi connectivity index (χ0n) is 8.98. The van der Waals surface area contributed by atoms with Crippen molar-refractivity contribution in [2.24, 2.45) is 0 Å². The predicted molar refractivity (Wildman–Crippen MR) is 55.1 cm³/mol. The third-order valence-electron chi connectivity index (χ3n) is 2.36. The van der Waals surface area contributed by atoms with Gasteiger partial charge in [0, 0.05) is 5.56 Å². The van der Waals surface area contributed by atoms with E-state index in [9.17, 15) is 14.3 Å². The van der Waals surface area contributed by atoms with E-state index in [1.807, 2.05) is 0 Å². The van der Waals surface area contributed by atoms with E-state index in [1.165, 1.54) is 19.2 Å². The molecule has 1 aromatic carbocycles. The number of methoxy groups -OCH3 is 1. The molecule has 5 heteroatoms. The number of aliphatic carboxylic acids is 1. The fourth-order valence-corrected chi connectivity index (χ4v) is 1.44. The molecule has 1 rings (SSSR count). The molecule has 2 unspecified atom stereocenters. The summed E-state index contributed by atoms with van der Waals surface area (Å²) in [5.41, 5.74) is -2.02. The molecule has 1 aromatic rings. The second-order valence-corrected chi connectivity index (χ2v) is 3.55. The predicted octanol–water partition coefficient (Wildman–Crippen LogP) is 1.33. The average molecular weight is 228 g/mol. The van der Waals surface area contributed by atoms with Crippen LogP contribution in [0.15, 0.2) is 24.3 Å². The minimum atomic E-state index is -2.41. The summed E-state index contributed by atoms with van der Waals surface area (Å²) in [6, 6.07) is 6.17. The third-order valence-corrected chi connectivity index (χ3v) is 2.36. The Morgan fingerprint density at radius 1 is 1.50 bits per heavy atom. The fourth-order valence-electron chi connectivity index (χ4n) is 1.44.